The summed E-state index contributed by atoms with van der Waals surface area (Å²) in [5.74, 6) is -1.54. The van der Waals surface area contributed by atoms with Crippen molar-refractivity contribution in [1.82, 2.24) is 14.5 Å². The van der Waals surface area contributed by atoms with Crippen LogP contribution in [0.1, 0.15) is 17.1 Å². The van der Waals surface area contributed by atoms with Gasteiger partial charge in [0.2, 0.25) is 0 Å². The lowest BCUT2D eigenvalue weighted by Crippen LogP contribution is -2.23. The summed E-state index contributed by atoms with van der Waals surface area (Å²) in [7, 11) is 0. The molecule has 0 aliphatic carbocycles. The van der Waals surface area contributed by atoms with Crippen molar-refractivity contribution in [3.8, 4) is 11.4 Å². The number of hydrogen-bond donors (Lipinski definition) is 0. The number of halogens is 4. The Labute approximate surface area is 166 Å². The van der Waals surface area contributed by atoms with Crippen LogP contribution in [-0.4, -0.2) is 14.5 Å². The number of ether oxygens (including phenoxy) is 1. The lowest BCUT2D eigenvalue weighted by atomic mass is 10.2. The molecule has 0 bridgehead atoms. The lowest BCUT2D eigenvalue weighted by Gasteiger charge is -2.16. The molecule has 0 spiro atoms. The average molecular weight is 457 g/mol. The van der Waals surface area contributed by atoms with Crippen LogP contribution in [0, 0.1) is 25.5 Å². The zero-order valence-corrected chi connectivity index (χ0v) is 16.6. The predicted molar refractivity (Wildman–Crippen MR) is 101 cm³/mol. The van der Waals surface area contributed by atoms with Gasteiger partial charge in [-0.05, 0) is 35.8 Å². The van der Waals surface area contributed by atoms with Crippen LogP contribution in [0.15, 0.2) is 39.9 Å². The van der Waals surface area contributed by atoms with E-state index < -0.39 is 17.2 Å². The Morgan fingerprint density at radius 3 is 2.63 bits per heavy atom. The van der Waals surface area contributed by atoms with Gasteiger partial charge in [0.1, 0.15) is 28.9 Å². The van der Waals surface area contributed by atoms with E-state index in [9.17, 15) is 13.6 Å². The van der Waals surface area contributed by atoms with E-state index in [1.807, 2.05) is 0 Å². The molecule has 0 N–H and O–H groups in total. The standard InChI is InChI=1S/C18H13BrClF2N3O2/c1-9-3-16(27-8-14-13(22)5-12(21)7-24-14)17(20)18(26)25(9)15-4-11(19)6-23-10(15)2/h3-7H,8H2,1-2H3. The molecule has 3 heterocycles. The third-order valence-electron chi connectivity index (χ3n) is 3.82. The molecular formula is C18H13BrClF2N3O2. The summed E-state index contributed by atoms with van der Waals surface area (Å²) in [5.41, 5.74) is 1.18. The van der Waals surface area contributed by atoms with Gasteiger partial charge in [-0.25, -0.2) is 8.78 Å². The third kappa shape index (κ3) is 4.01. The quantitative estimate of drug-likeness (QED) is 0.579. The number of hydrogen-bond acceptors (Lipinski definition) is 4. The fraction of sp³-hybridized carbons (Fsp3) is 0.167. The van der Waals surface area contributed by atoms with Crippen molar-refractivity contribution in [3.63, 3.8) is 0 Å². The Bertz CT molecular complexity index is 1090. The molecule has 9 heteroatoms. The highest BCUT2D eigenvalue weighted by Crippen LogP contribution is 2.26. The van der Waals surface area contributed by atoms with E-state index >= 15 is 0 Å². The van der Waals surface area contributed by atoms with Crippen molar-refractivity contribution in [2.24, 2.45) is 0 Å². The number of rotatable bonds is 4. The molecule has 0 aliphatic heterocycles. The summed E-state index contributed by atoms with van der Waals surface area (Å²) in [6, 6.07) is 4.02. The highest BCUT2D eigenvalue weighted by molar-refractivity contribution is 9.10. The van der Waals surface area contributed by atoms with E-state index in [0.717, 1.165) is 6.20 Å². The van der Waals surface area contributed by atoms with Crippen molar-refractivity contribution in [2.75, 3.05) is 0 Å². The minimum Gasteiger partial charge on any atom is -0.485 e. The summed E-state index contributed by atoms with van der Waals surface area (Å²) in [5, 5.41) is -0.164. The van der Waals surface area contributed by atoms with Crippen LogP contribution in [0.4, 0.5) is 8.78 Å². The molecule has 3 aromatic heterocycles. The van der Waals surface area contributed by atoms with E-state index in [2.05, 4.69) is 25.9 Å². The maximum atomic E-state index is 13.7. The maximum absolute atomic E-state index is 13.7. The fourth-order valence-corrected chi connectivity index (χ4v) is 3.02. The van der Waals surface area contributed by atoms with Crippen LogP contribution < -0.4 is 10.3 Å². The topological polar surface area (TPSA) is 57.0 Å². The molecule has 0 aliphatic rings. The predicted octanol–water partition coefficient (Wildman–Crippen LogP) is 4.52. The van der Waals surface area contributed by atoms with Crippen LogP contribution in [0.3, 0.4) is 0 Å². The van der Waals surface area contributed by atoms with Crippen molar-refractivity contribution in [2.45, 2.75) is 20.5 Å². The highest BCUT2D eigenvalue weighted by Gasteiger charge is 2.17. The largest absolute Gasteiger partial charge is 0.485 e. The molecule has 0 unspecified atom stereocenters. The minimum absolute atomic E-state index is 0.0848. The van der Waals surface area contributed by atoms with Gasteiger partial charge >= 0.3 is 0 Å². The molecule has 3 rings (SSSR count). The molecule has 0 saturated carbocycles. The molecule has 0 atom stereocenters. The zero-order chi connectivity index (χ0) is 19.7. The SMILES string of the molecule is Cc1ncc(Br)cc1-n1c(C)cc(OCc2ncc(F)cc2F)c(Cl)c1=O. The van der Waals surface area contributed by atoms with Gasteiger partial charge in [0.05, 0.1) is 17.6 Å². The molecular weight excluding hydrogens is 444 g/mol. The summed E-state index contributed by atoms with van der Waals surface area (Å²) < 4.78 is 34.2. The van der Waals surface area contributed by atoms with E-state index in [0.29, 0.717) is 27.6 Å². The first kappa shape index (κ1) is 19.4. The first-order chi connectivity index (χ1) is 12.8. The molecule has 27 heavy (non-hydrogen) atoms. The van der Waals surface area contributed by atoms with Gasteiger partial charge < -0.3 is 4.74 Å². The molecule has 0 fully saturated rings. The minimum atomic E-state index is -0.841. The van der Waals surface area contributed by atoms with E-state index in [4.69, 9.17) is 16.3 Å². The Morgan fingerprint density at radius 1 is 1.19 bits per heavy atom. The maximum Gasteiger partial charge on any atom is 0.277 e. The van der Waals surface area contributed by atoms with Gasteiger partial charge in [0.15, 0.2) is 5.82 Å². The Balaban J connectivity index is 1.98. The van der Waals surface area contributed by atoms with Gasteiger partial charge in [0.25, 0.3) is 5.56 Å². The first-order valence-corrected chi connectivity index (χ1v) is 8.92. The third-order valence-corrected chi connectivity index (χ3v) is 4.60. The summed E-state index contributed by atoms with van der Waals surface area (Å²) in [6.07, 6.45) is 2.51. The average Bonchev–Trinajstić information content (AvgIpc) is 2.61. The molecule has 0 aromatic carbocycles. The van der Waals surface area contributed by atoms with E-state index in [1.54, 1.807) is 32.2 Å². The normalized spacial score (nSPS) is 10.9. The summed E-state index contributed by atoms with van der Waals surface area (Å²) >= 11 is 9.51. The van der Waals surface area contributed by atoms with Gasteiger partial charge in [-0.1, -0.05) is 11.6 Å². The van der Waals surface area contributed by atoms with Crippen molar-refractivity contribution in [3.05, 3.63) is 79.2 Å². The van der Waals surface area contributed by atoms with Crippen molar-refractivity contribution in [1.29, 1.82) is 0 Å². The second kappa shape index (κ2) is 7.74. The number of nitrogens with zero attached hydrogens (tertiary/aromatic N) is 3. The number of aromatic nitrogens is 3. The van der Waals surface area contributed by atoms with E-state index in [-0.39, 0.29) is 23.1 Å². The molecule has 0 amide bonds. The van der Waals surface area contributed by atoms with Crippen LogP contribution >= 0.6 is 27.5 Å². The Hall–Kier alpha value is -2.32. The zero-order valence-electron chi connectivity index (χ0n) is 14.3. The van der Waals surface area contributed by atoms with Crippen LogP contribution in [0.5, 0.6) is 5.75 Å². The van der Waals surface area contributed by atoms with Gasteiger partial charge in [0, 0.05) is 28.5 Å². The Kier molecular flexibility index (Phi) is 5.57. The summed E-state index contributed by atoms with van der Waals surface area (Å²) in [4.78, 5) is 20.6. The second-order valence-electron chi connectivity index (χ2n) is 5.73. The van der Waals surface area contributed by atoms with Crippen molar-refractivity contribution >= 4 is 27.5 Å². The lowest BCUT2D eigenvalue weighted by molar-refractivity contribution is 0.292. The fourth-order valence-electron chi connectivity index (χ4n) is 2.50. The molecule has 140 valence electrons. The van der Waals surface area contributed by atoms with Crippen LogP contribution in [-0.2, 0) is 6.61 Å². The summed E-state index contributed by atoms with van der Waals surface area (Å²) in [6.45, 7) is 3.18. The number of pyridine rings is 3. The van der Waals surface area contributed by atoms with Gasteiger partial charge in [-0.3, -0.25) is 19.3 Å². The monoisotopic (exact) mass is 455 g/mol. The van der Waals surface area contributed by atoms with Crippen molar-refractivity contribution < 1.29 is 13.5 Å². The number of aryl methyl sites for hydroxylation is 2. The van der Waals surface area contributed by atoms with Crippen LogP contribution in [0.25, 0.3) is 5.69 Å². The molecule has 0 radical (unpaired) electrons. The van der Waals surface area contributed by atoms with Crippen LogP contribution in [0.2, 0.25) is 5.02 Å². The first-order valence-electron chi connectivity index (χ1n) is 7.75. The van der Waals surface area contributed by atoms with Gasteiger partial charge in [-0.15, -0.1) is 0 Å². The van der Waals surface area contributed by atoms with Gasteiger partial charge in [-0.2, -0.15) is 0 Å². The molecule has 3 aromatic rings. The van der Waals surface area contributed by atoms with E-state index in [1.165, 1.54) is 4.57 Å². The Morgan fingerprint density at radius 2 is 1.93 bits per heavy atom. The molecule has 5 nitrogen and oxygen atoms in total. The smallest absolute Gasteiger partial charge is 0.277 e. The molecule has 0 saturated heterocycles. The second-order valence-corrected chi connectivity index (χ2v) is 7.03. The highest BCUT2D eigenvalue weighted by atomic mass is 79.9.